The Labute approximate surface area is 168 Å². The number of hydrogen-bond donors (Lipinski definition) is 1. The number of carbonyl (C=O) groups excluding carboxylic acids is 1. The van der Waals surface area contributed by atoms with E-state index < -0.39 is 0 Å². The second-order valence-corrected chi connectivity index (χ2v) is 6.65. The molecule has 1 amide bonds. The molecule has 4 aromatic rings. The standard InChI is InChI=1S/C23H21N3O3/c1-16-5-4-12-26-14-19(24-22(16)26)15-29-20-10-8-17(9-11-20)23(27)25-18-6-3-7-21(13-18)28-2/h3-14H,15H2,1-2H3,(H,25,27). The van der Waals surface area contributed by atoms with E-state index >= 15 is 0 Å². The first-order chi connectivity index (χ1) is 14.1. The third-order valence-corrected chi connectivity index (χ3v) is 4.56. The minimum atomic E-state index is -0.194. The number of fused-ring (bicyclic) bond motifs is 1. The quantitative estimate of drug-likeness (QED) is 0.530. The van der Waals surface area contributed by atoms with Crippen LogP contribution in [0.5, 0.6) is 11.5 Å². The van der Waals surface area contributed by atoms with Gasteiger partial charge in [-0.1, -0.05) is 12.1 Å². The number of nitrogens with zero attached hydrogens (tertiary/aromatic N) is 2. The van der Waals surface area contributed by atoms with Gasteiger partial charge in [0, 0.05) is 29.7 Å². The van der Waals surface area contributed by atoms with Gasteiger partial charge in [-0.3, -0.25) is 4.79 Å². The first kappa shape index (κ1) is 18.6. The summed E-state index contributed by atoms with van der Waals surface area (Å²) in [5.41, 5.74) is 4.11. The number of imidazole rings is 1. The topological polar surface area (TPSA) is 64.9 Å². The molecule has 0 atom stereocenters. The van der Waals surface area contributed by atoms with E-state index in [1.807, 2.05) is 54.0 Å². The van der Waals surface area contributed by atoms with Crippen LogP contribution in [0.15, 0.2) is 73.1 Å². The van der Waals surface area contributed by atoms with Gasteiger partial charge in [-0.05, 0) is 55.0 Å². The highest BCUT2D eigenvalue weighted by Gasteiger charge is 2.08. The smallest absolute Gasteiger partial charge is 0.255 e. The van der Waals surface area contributed by atoms with Crippen molar-refractivity contribution in [2.45, 2.75) is 13.5 Å². The minimum absolute atomic E-state index is 0.194. The molecule has 0 aliphatic rings. The van der Waals surface area contributed by atoms with Crippen molar-refractivity contribution >= 4 is 17.2 Å². The molecule has 0 unspecified atom stereocenters. The molecule has 2 aromatic heterocycles. The van der Waals surface area contributed by atoms with E-state index in [4.69, 9.17) is 9.47 Å². The zero-order valence-corrected chi connectivity index (χ0v) is 16.3. The Kier molecular flexibility index (Phi) is 5.16. The Morgan fingerprint density at radius 3 is 2.66 bits per heavy atom. The number of carbonyl (C=O) groups is 1. The fourth-order valence-corrected chi connectivity index (χ4v) is 3.04. The predicted octanol–water partition coefficient (Wildman–Crippen LogP) is 4.48. The molecule has 29 heavy (non-hydrogen) atoms. The largest absolute Gasteiger partial charge is 0.497 e. The number of pyridine rings is 1. The predicted molar refractivity (Wildman–Crippen MR) is 112 cm³/mol. The highest BCUT2D eigenvalue weighted by molar-refractivity contribution is 6.04. The van der Waals surface area contributed by atoms with E-state index in [2.05, 4.69) is 10.3 Å². The van der Waals surface area contributed by atoms with Gasteiger partial charge in [0.25, 0.3) is 5.91 Å². The number of aryl methyl sites for hydroxylation is 1. The van der Waals surface area contributed by atoms with Crippen LogP contribution in [0.2, 0.25) is 0 Å². The normalized spacial score (nSPS) is 10.7. The SMILES string of the molecule is COc1cccc(NC(=O)c2ccc(OCc3cn4cccc(C)c4n3)cc2)c1. The van der Waals surface area contributed by atoms with Crippen molar-refractivity contribution < 1.29 is 14.3 Å². The van der Waals surface area contributed by atoms with Crippen molar-refractivity contribution in [3.8, 4) is 11.5 Å². The van der Waals surface area contributed by atoms with Crippen LogP contribution in [0.3, 0.4) is 0 Å². The lowest BCUT2D eigenvalue weighted by Gasteiger charge is -2.08. The molecule has 6 heteroatoms. The summed E-state index contributed by atoms with van der Waals surface area (Å²) in [6.45, 7) is 2.39. The van der Waals surface area contributed by atoms with Gasteiger partial charge >= 0.3 is 0 Å². The average Bonchev–Trinajstić information content (AvgIpc) is 3.17. The summed E-state index contributed by atoms with van der Waals surface area (Å²) in [6.07, 6.45) is 3.92. The highest BCUT2D eigenvalue weighted by atomic mass is 16.5. The Hall–Kier alpha value is -3.80. The fraction of sp³-hybridized carbons (Fsp3) is 0.130. The summed E-state index contributed by atoms with van der Waals surface area (Å²) < 4.78 is 13.0. The first-order valence-electron chi connectivity index (χ1n) is 9.24. The van der Waals surface area contributed by atoms with Gasteiger partial charge in [0.2, 0.25) is 0 Å². The third-order valence-electron chi connectivity index (χ3n) is 4.56. The summed E-state index contributed by atoms with van der Waals surface area (Å²) in [4.78, 5) is 17.0. The van der Waals surface area contributed by atoms with Gasteiger partial charge in [-0.2, -0.15) is 0 Å². The second kappa shape index (κ2) is 8.06. The molecule has 0 fully saturated rings. The van der Waals surface area contributed by atoms with Crippen LogP contribution < -0.4 is 14.8 Å². The summed E-state index contributed by atoms with van der Waals surface area (Å²) in [7, 11) is 1.59. The van der Waals surface area contributed by atoms with E-state index in [1.165, 1.54) is 0 Å². The first-order valence-corrected chi connectivity index (χ1v) is 9.24. The number of hydrogen-bond acceptors (Lipinski definition) is 4. The van der Waals surface area contributed by atoms with Gasteiger partial charge in [0.05, 0.1) is 12.8 Å². The average molecular weight is 387 g/mol. The summed E-state index contributed by atoms with van der Waals surface area (Å²) >= 11 is 0. The number of methoxy groups -OCH3 is 1. The van der Waals surface area contributed by atoms with Gasteiger partial charge < -0.3 is 19.2 Å². The lowest BCUT2D eigenvalue weighted by Crippen LogP contribution is -2.11. The van der Waals surface area contributed by atoms with Crippen LogP contribution in [0.1, 0.15) is 21.6 Å². The van der Waals surface area contributed by atoms with Crippen molar-refractivity contribution in [1.29, 1.82) is 0 Å². The Morgan fingerprint density at radius 2 is 1.90 bits per heavy atom. The maximum atomic E-state index is 12.4. The van der Waals surface area contributed by atoms with Gasteiger partial charge in [0.15, 0.2) is 0 Å². The van der Waals surface area contributed by atoms with E-state index in [-0.39, 0.29) is 5.91 Å². The highest BCUT2D eigenvalue weighted by Crippen LogP contribution is 2.19. The van der Waals surface area contributed by atoms with Crippen molar-refractivity contribution in [3.05, 3.63) is 89.9 Å². The van der Waals surface area contributed by atoms with E-state index in [1.54, 1.807) is 37.4 Å². The number of anilines is 1. The van der Waals surface area contributed by atoms with Crippen molar-refractivity contribution in [1.82, 2.24) is 9.38 Å². The molecule has 2 aromatic carbocycles. The number of ether oxygens (including phenoxy) is 2. The van der Waals surface area contributed by atoms with E-state index in [0.29, 0.717) is 29.4 Å². The zero-order valence-electron chi connectivity index (χ0n) is 16.3. The Morgan fingerprint density at radius 1 is 1.07 bits per heavy atom. The third kappa shape index (κ3) is 4.21. The molecule has 1 N–H and O–H groups in total. The molecular formula is C23H21N3O3. The summed E-state index contributed by atoms with van der Waals surface area (Å²) in [6, 6.07) is 18.3. The van der Waals surface area contributed by atoms with Crippen LogP contribution in [-0.2, 0) is 6.61 Å². The van der Waals surface area contributed by atoms with Gasteiger partial charge in [-0.25, -0.2) is 4.98 Å². The molecule has 2 heterocycles. The Balaban J connectivity index is 1.39. The minimum Gasteiger partial charge on any atom is -0.497 e. The molecule has 4 rings (SSSR count). The Bertz CT molecular complexity index is 1150. The number of rotatable bonds is 6. The molecule has 6 nitrogen and oxygen atoms in total. The van der Waals surface area contributed by atoms with Crippen LogP contribution in [-0.4, -0.2) is 22.4 Å². The number of amides is 1. The summed E-state index contributed by atoms with van der Waals surface area (Å²) in [5.74, 6) is 1.17. The van der Waals surface area contributed by atoms with Crippen LogP contribution in [0, 0.1) is 6.92 Å². The van der Waals surface area contributed by atoms with Crippen LogP contribution >= 0.6 is 0 Å². The van der Waals surface area contributed by atoms with E-state index in [9.17, 15) is 4.79 Å². The lowest BCUT2D eigenvalue weighted by molar-refractivity contribution is 0.102. The molecule has 0 radical (unpaired) electrons. The molecule has 0 spiro atoms. The number of aromatic nitrogens is 2. The molecule has 0 saturated heterocycles. The van der Waals surface area contributed by atoms with Crippen LogP contribution in [0.25, 0.3) is 5.65 Å². The van der Waals surface area contributed by atoms with E-state index in [0.717, 1.165) is 16.9 Å². The lowest BCUT2D eigenvalue weighted by atomic mass is 10.2. The van der Waals surface area contributed by atoms with Gasteiger partial charge in [0.1, 0.15) is 23.8 Å². The maximum absolute atomic E-state index is 12.4. The number of benzene rings is 2. The van der Waals surface area contributed by atoms with Gasteiger partial charge in [-0.15, -0.1) is 0 Å². The second-order valence-electron chi connectivity index (χ2n) is 6.65. The molecular weight excluding hydrogens is 366 g/mol. The molecule has 0 saturated carbocycles. The fourth-order valence-electron chi connectivity index (χ4n) is 3.04. The monoisotopic (exact) mass is 387 g/mol. The molecule has 0 aliphatic heterocycles. The van der Waals surface area contributed by atoms with Crippen molar-refractivity contribution in [2.75, 3.05) is 12.4 Å². The summed E-state index contributed by atoms with van der Waals surface area (Å²) in [5, 5.41) is 2.86. The van der Waals surface area contributed by atoms with Crippen LogP contribution in [0.4, 0.5) is 5.69 Å². The molecule has 146 valence electrons. The van der Waals surface area contributed by atoms with Crippen molar-refractivity contribution in [3.63, 3.8) is 0 Å². The van der Waals surface area contributed by atoms with Crippen molar-refractivity contribution in [2.24, 2.45) is 0 Å². The molecule has 0 aliphatic carbocycles. The molecule has 0 bridgehead atoms. The zero-order chi connectivity index (χ0) is 20.2. The number of nitrogens with one attached hydrogen (secondary N) is 1. The maximum Gasteiger partial charge on any atom is 0.255 e.